The molecule has 1 saturated heterocycles. The Balaban J connectivity index is 1.38. The number of nitrogens with one attached hydrogen (secondary N) is 2. The molecule has 8 heteroatoms. The molecule has 34 heavy (non-hydrogen) atoms. The second-order valence-electron chi connectivity index (χ2n) is 9.32. The molecule has 174 valence electrons. The first-order chi connectivity index (χ1) is 16.7. The number of imidazole rings is 1. The number of hydrogen-bond acceptors (Lipinski definition) is 5. The van der Waals surface area contributed by atoms with Gasteiger partial charge in [0.25, 0.3) is 0 Å². The van der Waals surface area contributed by atoms with Gasteiger partial charge < -0.3 is 9.88 Å². The van der Waals surface area contributed by atoms with E-state index in [0.29, 0.717) is 11.7 Å². The number of allylic oxidation sites excluding steroid dienone is 3. The van der Waals surface area contributed by atoms with Crippen LogP contribution in [0.1, 0.15) is 56.5 Å². The Labute approximate surface area is 198 Å². The SMILES string of the molecule is C/C=C\C=C(/c1nc(-c2[nH]nc3ncc(-c4cnn(C5CC5)c4)cc23)[nH]c1C)N1CCCCC1. The summed E-state index contributed by atoms with van der Waals surface area (Å²) in [5, 5.41) is 13.1. The molecule has 1 aliphatic heterocycles. The molecule has 0 amide bonds. The van der Waals surface area contributed by atoms with Crippen LogP contribution in [0, 0.1) is 6.92 Å². The highest BCUT2D eigenvalue weighted by atomic mass is 15.3. The Morgan fingerprint density at radius 1 is 1.12 bits per heavy atom. The largest absolute Gasteiger partial charge is 0.370 e. The van der Waals surface area contributed by atoms with Gasteiger partial charge in [-0.15, -0.1) is 0 Å². The van der Waals surface area contributed by atoms with Gasteiger partial charge in [0.2, 0.25) is 0 Å². The van der Waals surface area contributed by atoms with E-state index in [9.17, 15) is 0 Å². The van der Waals surface area contributed by atoms with E-state index < -0.39 is 0 Å². The van der Waals surface area contributed by atoms with Crippen LogP contribution in [0.4, 0.5) is 0 Å². The topological polar surface area (TPSA) is 91.3 Å². The first-order valence-corrected chi connectivity index (χ1v) is 12.2. The van der Waals surface area contributed by atoms with E-state index in [-0.39, 0.29) is 0 Å². The number of nitrogens with zero attached hydrogens (tertiary/aromatic N) is 6. The monoisotopic (exact) mass is 454 g/mol. The molecule has 0 radical (unpaired) electrons. The van der Waals surface area contributed by atoms with Gasteiger partial charge in [-0.2, -0.15) is 10.2 Å². The van der Waals surface area contributed by atoms with Gasteiger partial charge in [-0.3, -0.25) is 9.78 Å². The lowest BCUT2D eigenvalue weighted by Gasteiger charge is -2.30. The molecule has 0 unspecified atom stereocenters. The average Bonchev–Trinajstić information content (AvgIpc) is 3.26. The van der Waals surface area contributed by atoms with Crippen LogP contribution in [-0.2, 0) is 0 Å². The highest BCUT2D eigenvalue weighted by Gasteiger charge is 2.25. The van der Waals surface area contributed by atoms with Crippen molar-refractivity contribution in [3.8, 4) is 22.6 Å². The molecule has 0 aromatic carbocycles. The molecular formula is C26H30N8. The highest BCUT2D eigenvalue weighted by molar-refractivity contribution is 5.92. The van der Waals surface area contributed by atoms with Crippen molar-refractivity contribution in [3.05, 3.63) is 54.3 Å². The van der Waals surface area contributed by atoms with Crippen molar-refractivity contribution in [2.75, 3.05) is 13.1 Å². The summed E-state index contributed by atoms with van der Waals surface area (Å²) in [7, 11) is 0. The minimum Gasteiger partial charge on any atom is -0.370 e. The second-order valence-corrected chi connectivity index (χ2v) is 9.32. The van der Waals surface area contributed by atoms with E-state index in [4.69, 9.17) is 4.98 Å². The van der Waals surface area contributed by atoms with E-state index in [1.807, 2.05) is 19.3 Å². The molecule has 2 fully saturated rings. The summed E-state index contributed by atoms with van der Waals surface area (Å²) in [5.74, 6) is 0.783. The molecule has 0 spiro atoms. The predicted molar refractivity (Wildman–Crippen MR) is 134 cm³/mol. The minimum atomic E-state index is 0.559. The third kappa shape index (κ3) is 3.83. The fraction of sp³-hybridized carbons (Fsp3) is 0.385. The lowest BCUT2D eigenvalue weighted by Crippen LogP contribution is -2.28. The highest BCUT2D eigenvalue weighted by Crippen LogP contribution is 2.36. The summed E-state index contributed by atoms with van der Waals surface area (Å²) in [5.41, 5.74) is 6.87. The van der Waals surface area contributed by atoms with Crippen LogP contribution in [0.3, 0.4) is 0 Å². The third-order valence-electron chi connectivity index (χ3n) is 6.77. The van der Waals surface area contributed by atoms with Gasteiger partial charge in [0, 0.05) is 42.3 Å². The van der Waals surface area contributed by atoms with Gasteiger partial charge in [0.1, 0.15) is 11.4 Å². The first-order valence-electron chi connectivity index (χ1n) is 12.2. The summed E-state index contributed by atoms with van der Waals surface area (Å²) < 4.78 is 2.07. The summed E-state index contributed by atoms with van der Waals surface area (Å²) in [4.78, 5) is 15.6. The Kier molecular flexibility index (Phi) is 5.28. The zero-order chi connectivity index (χ0) is 23.1. The molecular weight excluding hydrogens is 424 g/mol. The van der Waals surface area contributed by atoms with Crippen molar-refractivity contribution < 1.29 is 0 Å². The molecule has 0 bridgehead atoms. The molecule has 0 atom stereocenters. The number of likely N-dealkylation sites (tertiary alicyclic amines) is 1. The fourth-order valence-corrected chi connectivity index (χ4v) is 4.75. The summed E-state index contributed by atoms with van der Waals surface area (Å²) in [6.07, 6.45) is 18.4. The third-order valence-corrected chi connectivity index (χ3v) is 6.77. The van der Waals surface area contributed by atoms with Gasteiger partial charge in [-0.05, 0) is 58.1 Å². The summed E-state index contributed by atoms with van der Waals surface area (Å²) in [6.45, 7) is 6.27. The first kappa shape index (κ1) is 20.9. The Hall–Kier alpha value is -3.68. The minimum absolute atomic E-state index is 0.559. The zero-order valence-corrected chi connectivity index (χ0v) is 19.8. The maximum absolute atomic E-state index is 5.05. The Morgan fingerprint density at radius 3 is 2.76 bits per heavy atom. The van der Waals surface area contributed by atoms with Crippen LogP contribution in [0.2, 0.25) is 0 Å². The van der Waals surface area contributed by atoms with Gasteiger partial charge in [-0.25, -0.2) is 9.97 Å². The van der Waals surface area contributed by atoms with Crippen molar-refractivity contribution >= 4 is 16.7 Å². The van der Waals surface area contributed by atoms with E-state index in [1.54, 1.807) is 0 Å². The van der Waals surface area contributed by atoms with E-state index in [2.05, 4.69) is 72.3 Å². The number of aryl methyl sites for hydroxylation is 1. The maximum atomic E-state index is 5.05. The zero-order valence-electron chi connectivity index (χ0n) is 19.8. The van der Waals surface area contributed by atoms with Crippen molar-refractivity contribution in [3.63, 3.8) is 0 Å². The van der Waals surface area contributed by atoms with Crippen LogP contribution < -0.4 is 0 Å². The molecule has 1 aliphatic carbocycles. The van der Waals surface area contributed by atoms with Gasteiger partial charge >= 0.3 is 0 Å². The number of H-pyrrole nitrogens is 2. The van der Waals surface area contributed by atoms with Crippen LogP contribution in [0.25, 0.3) is 39.4 Å². The number of piperidine rings is 1. The average molecular weight is 455 g/mol. The second kappa shape index (κ2) is 8.59. The Morgan fingerprint density at radius 2 is 1.97 bits per heavy atom. The number of rotatable bonds is 6. The molecule has 4 aromatic heterocycles. The van der Waals surface area contributed by atoms with Crippen molar-refractivity contribution in [1.82, 2.24) is 39.8 Å². The summed E-state index contributed by atoms with van der Waals surface area (Å²) >= 11 is 0. The molecule has 6 rings (SSSR count). The number of hydrogen-bond donors (Lipinski definition) is 2. The van der Waals surface area contributed by atoms with Gasteiger partial charge in [0.05, 0.1) is 23.3 Å². The molecule has 1 saturated carbocycles. The molecule has 2 aliphatic rings. The number of aromatic amines is 2. The van der Waals surface area contributed by atoms with Gasteiger partial charge in [-0.1, -0.05) is 12.2 Å². The molecule has 2 N–H and O–H groups in total. The number of aromatic nitrogens is 7. The van der Waals surface area contributed by atoms with E-state index in [1.165, 1.54) is 37.8 Å². The van der Waals surface area contributed by atoms with Crippen molar-refractivity contribution in [1.29, 1.82) is 0 Å². The van der Waals surface area contributed by atoms with E-state index in [0.717, 1.165) is 52.5 Å². The lowest BCUT2D eigenvalue weighted by molar-refractivity contribution is 0.325. The standard InChI is InChI=1S/C26H30N8/c1-3-4-8-22(33-11-6-5-7-12-33)23-17(2)29-26(30-23)24-21-13-18(14-27-25(21)32-31-24)19-15-28-34(16-19)20-9-10-20/h3-4,8,13-16,20H,5-7,9-12H2,1-2H3,(H,29,30)(H,27,31,32)/b4-3-,22-8+. The fourth-order valence-electron chi connectivity index (χ4n) is 4.75. The predicted octanol–water partition coefficient (Wildman–Crippen LogP) is 5.26. The van der Waals surface area contributed by atoms with Gasteiger partial charge in [0.15, 0.2) is 11.5 Å². The van der Waals surface area contributed by atoms with Crippen LogP contribution in [-0.4, -0.2) is 52.9 Å². The van der Waals surface area contributed by atoms with Crippen molar-refractivity contribution in [2.24, 2.45) is 0 Å². The Bertz CT molecular complexity index is 1370. The van der Waals surface area contributed by atoms with E-state index >= 15 is 0 Å². The van der Waals surface area contributed by atoms with Crippen LogP contribution in [0.5, 0.6) is 0 Å². The van der Waals surface area contributed by atoms with Crippen LogP contribution >= 0.6 is 0 Å². The molecule has 4 aromatic rings. The number of pyridine rings is 1. The van der Waals surface area contributed by atoms with Crippen LogP contribution in [0.15, 0.2) is 42.9 Å². The number of fused-ring (bicyclic) bond motifs is 1. The quantitative estimate of drug-likeness (QED) is 0.388. The smallest absolute Gasteiger partial charge is 0.181 e. The maximum Gasteiger partial charge on any atom is 0.181 e. The molecule has 8 nitrogen and oxygen atoms in total. The van der Waals surface area contributed by atoms with Crippen molar-refractivity contribution in [2.45, 2.75) is 52.0 Å². The lowest BCUT2D eigenvalue weighted by atomic mass is 10.1. The summed E-state index contributed by atoms with van der Waals surface area (Å²) in [6, 6.07) is 2.69. The normalized spacial score (nSPS) is 17.4. The molecule has 5 heterocycles.